The standard InChI is InChI=1S/C18H15N3O4/c1-12-7-8-15(21(23)24)10-16(12)20-17(22)9-14-11-25-18(19-14)13-5-3-2-4-6-13/h2-8,10-11H,9H2,1H3,(H,20,22). The van der Waals surface area contributed by atoms with Crippen LogP contribution in [0.3, 0.4) is 0 Å². The van der Waals surface area contributed by atoms with Gasteiger partial charge >= 0.3 is 0 Å². The zero-order chi connectivity index (χ0) is 17.8. The first-order valence-electron chi connectivity index (χ1n) is 7.57. The van der Waals surface area contributed by atoms with Crippen LogP contribution in [0, 0.1) is 17.0 Å². The molecule has 0 aliphatic rings. The molecule has 0 saturated carbocycles. The summed E-state index contributed by atoms with van der Waals surface area (Å²) in [6, 6.07) is 13.7. The zero-order valence-corrected chi connectivity index (χ0v) is 13.4. The molecule has 0 radical (unpaired) electrons. The van der Waals surface area contributed by atoms with E-state index >= 15 is 0 Å². The molecular weight excluding hydrogens is 322 g/mol. The van der Waals surface area contributed by atoms with E-state index < -0.39 is 4.92 Å². The van der Waals surface area contributed by atoms with Gasteiger partial charge in [-0.15, -0.1) is 0 Å². The third-order valence-electron chi connectivity index (χ3n) is 3.62. The number of aromatic nitrogens is 1. The van der Waals surface area contributed by atoms with Crippen LogP contribution in [0.2, 0.25) is 0 Å². The van der Waals surface area contributed by atoms with E-state index in [1.165, 1.54) is 18.4 Å². The lowest BCUT2D eigenvalue weighted by Gasteiger charge is -2.07. The number of hydrogen-bond donors (Lipinski definition) is 1. The lowest BCUT2D eigenvalue weighted by Crippen LogP contribution is -2.15. The maximum Gasteiger partial charge on any atom is 0.271 e. The fourth-order valence-corrected chi connectivity index (χ4v) is 2.32. The fourth-order valence-electron chi connectivity index (χ4n) is 2.32. The molecule has 0 spiro atoms. The Hall–Kier alpha value is -3.48. The monoisotopic (exact) mass is 337 g/mol. The molecule has 2 aromatic carbocycles. The number of nitro benzene ring substituents is 1. The van der Waals surface area contributed by atoms with E-state index in [4.69, 9.17) is 4.42 Å². The van der Waals surface area contributed by atoms with E-state index in [-0.39, 0.29) is 18.0 Å². The number of hydrogen-bond acceptors (Lipinski definition) is 5. The van der Waals surface area contributed by atoms with Gasteiger partial charge < -0.3 is 9.73 Å². The number of aryl methyl sites for hydroxylation is 1. The number of anilines is 1. The second-order valence-corrected chi connectivity index (χ2v) is 5.49. The molecule has 1 heterocycles. The molecular formula is C18H15N3O4. The molecule has 0 fully saturated rings. The minimum Gasteiger partial charge on any atom is -0.444 e. The van der Waals surface area contributed by atoms with Crippen molar-refractivity contribution in [3.05, 3.63) is 76.2 Å². The number of carbonyl (C=O) groups excluding carboxylic acids is 1. The molecule has 0 aliphatic carbocycles. The average molecular weight is 337 g/mol. The van der Waals surface area contributed by atoms with Crippen molar-refractivity contribution in [2.24, 2.45) is 0 Å². The third kappa shape index (κ3) is 3.89. The van der Waals surface area contributed by atoms with Crippen molar-refractivity contribution < 1.29 is 14.1 Å². The summed E-state index contributed by atoms with van der Waals surface area (Å²) in [7, 11) is 0. The van der Waals surface area contributed by atoms with E-state index in [1.54, 1.807) is 13.0 Å². The number of nitrogens with one attached hydrogen (secondary N) is 1. The highest BCUT2D eigenvalue weighted by Gasteiger charge is 2.14. The number of nitro groups is 1. The summed E-state index contributed by atoms with van der Waals surface area (Å²) in [4.78, 5) is 26.8. The van der Waals surface area contributed by atoms with Gasteiger partial charge in [-0.05, 0) is 24.6 Å². The van der Waals surface area contributed by atoms with Crippen molar-refractivity contribution >= 4 is 17.3 Å². The molecule has 25 heavy (non-hydrogen) atoms. The number of oxazole rings is 1. The van der Waals surface area contributed by atoms with Gasteiger partial charge in [-0.2, -0.15) is 0 Å². The van der Waals surface area contributed by atoms with Crippen molar-refractivity contribution in [2.45, 2.75) is 13.3 Å². The molecule has 1 amide bonds. The number of carbonyl (C=O) groups is 1. The molecule has 0 saturated heterocycles. The van der Waals surface area contributed by atoms with Crippen molar-refractivity contribution in [3.8, 4) is 11.5 Å². The van der Waals surface area contributed by atoms with Crippen LogP contribution in [0.15, 0.2) is 59.2 Å². The molecule has 7 nitrogen and oxygen atoms in total. The Balaban J connectivity index is 1.70. The summed E-state index contributed by atoms with van der Waals surface area (Å²) >= 11 is 0. The number of amides is 1. The topological polar surface area (TPSA) is 98.3 Å². The van der Waals surface area contributed by atoms with Gasteiger partial charge in [0.1, 0.15) is 6.26 Å². The minimum absolute atomic E-state index is 0.0124. The van der Waals surface area contributed by atoms with Gasteiger partial charge in [0, 0.05) is 17.7 Å². The van der Waals surface area contributed by atoms with Crippen LogP contribution in [0.1, 0.15) is 11.3 Å². The summed E-state index contributed by atoms with van der Waals surface area (Å²) in [5, 5.41) is 13.5. The largest absolute Gasteiger partial charge is 0.444 e. The average Bonchev–Trinajstić information content (AvgIpc) is 3.06. The van der Waals surface area contributed by atoms with Crippen molar-refractivity contribution in [1.29, 1.82) is 0 Å². The molecule has 0 bridgehead atoms. The number of rotatable bonds is 5. The van der Waals surface area contributed by atoms with Gasteiger partial charge in [0.05, 0.1) is 22.7 Å². The van der Waals surface area contributed by atoms with E-state index in [0.717, 1.165) is 11.1 Å². The Morgan fingerprint density at radius 1 is 1.24 bits per heavy atom. The molecule has 7 heteroatoms. The van der Waals surface area contributed by atoms with Gasteiger partial charge in [0.25, 0.3) is 5.69 Å². The molecule has 1 N–H and O–H groups in total. The van der Waals surface area contributed by atoms with Crippen LogP contribution in [-0.2, 0) is 11.2 Å². The normalized spacial score (nSPS) is 10.4. The third-order valence-corrected chi connectivity index (χ3v) is 3.62. The SMILES string of the molecule is Cc1ccc([N+](=O)[O-])cc1NC(=O)Cc1coc(-c2ccccc2)n1. The molecule has 0 atom stereocenters. The van der Waals surface area contributed by atoms with Gasteiger partial charge in [-0.25, -0.2) is 4.98 Å². The van der Waals surface area contributed by atoms with Gasteiger partial charge in [-0.1, -0.05) is 24.3 Å². The summed E-state index contributed by atoms with van der Waals surface area (Å²) in [6.45, 7) is 1.77. The van der Waals surface area contributed by atoms with Crippen LogP contribution in [0.25, 0.3) is 11.5 Å². The minimum atomic E-state index is -0.501. The maximum absolute atomic E-state index is 12.2. The second kappa shape index (κ2) is 6.96. The van der Waals surface area contributed by atoms with E-state index in [1.807, 2.05) is 30.3 Å². The highest BCUT2D eigenvalue weighted by atomic mass is 16.6. The van der Waals surface area contributed by atoms with Crippen LogP contribution >= 0.6 is 0 Å². The predicted molar refractivity (Wildman–Crippen MR) is 92.1 cm³/mol. The van der Waals surface area contributed by atoms with Crippen LogP contribution in [0.4, 0.5) is 11.4 Å². The van der Waals surface area contributed by atoms with Crippen LogP contribution in [0.5, 0.6) is 0 Å². The Morgan fingerprint density at radius 2 is 2.00 bits per heavy atom. The van der Waals surface area contributed by atoms with Crippen LogP contribution < -0.4 is 5.32 Å². The molecule has 3 aromatic rings. The van der Waals surface area contributed by atoms with E-state index in [0.29, 0.717) is 17.3 Å². The lowest BCUT2D eigenvalue weighted by molar-refractivity contribution is -0.384. The highest BCUT2D eigenvalue weighted by molar-refractivity contribution is 5.93. The molecule has 1 aromatic heterocycles. The predicted octanol–water partition coefficient (Wildman–Crippen LogP) is 3.74. The first-order chi connectivity index (χ1) is 12.0. The Morgan fingerprint density at radius 3 is 2.72 bits per heavy atom. The molecule has 0 unspecified atom stereocenters. The zero-order valence-electron chi connectivity index (χ0n) is 13.4. The summed E-state index contributed by atoms with van der Waals surface area (Å²) < 4.78 is 5.40. The number of non-ortho nitro benzene ring substituents is 1. The number of benzene rings is 2. The molecule has 0 aliphatic heterocycles. The highest BCUT2D eigenvalue weighted by Crippen LogP contribution is 2.22. The van der Waals surface area contributed by atoms with Gasteiger partial charge in [0.15, 0.2) is 0 Å². The summed E-state index contributed by atoms with van der Waals surface area (Å²) in [5.41, 5.74) is 2.38. The maximum atomic E-state index is 12.2. The quantitative estimate of drug-likeness (QED) is 0.565. The second-order valence-electron chi connectivity index (χ2n) is 5.49. The smallest absolute Gasteiger partial charge is 0.271 e. The fraction of sp³-hybridized carbons (Fsp3) is 0.111. The van der Waals surface area contributed by atoms with E-state index in [9.17, 15) is 14.9 Å². The summed E-state index contributed by atoms with van der Waals surface area (Å²) in [5.74, 6) is 0.117. The van der Waals surface area contributed by atoms with Crippen molar-refractivity contribution in [3.63, 3.8) is 0 Å². The van der Waals surface area contributed by atoms with Crippen LogP contribution in [-0.4, -0.2) is 15.8 Å². The lowest BCUT2D eigenvalue weighted by atomic mass is 10.1. The van der Waals surface area contributed by atoms with Gasteiger partial charge in [0.2, 0.25) is 11.8 Å². The Kier molecular flexibility index (Phi) is 4.56. The van der Waals surface area contributed by atoms with Crippen molar-refractivity contribution in [1.82, 2.24) is 4.98 Å². The van der Waals surface area contributed by atoms with E-state index in [2.05, 4.69) is 10.3 Å². The Labute approximate surface area is 143 Å². The van der Waals surface area contributed by atoms with Crippen molar-refractivity contribution in [2.75, 3.05) is 5.32 Å². The Bertz CT molecular complexity index is 919. The number of nitrogens with zero attached hydrogens (tertiary/aromatic N) is 2. The van der Waals surface area contributed by atoms with Gasteiger partial charge in [-0.3, -0.25) is 14.9 Å². The molecule has 3 rings (SSSR count). The molecule has 126 valence electrons. The first kappa shape index (κ1) is 16.4. The summed E-state index contributed by atoms with van der Waals surface area (Å²) in [6.07, 6.45) is 1.45. The first-order valence-corrected chi connectivity index (χ1v) is 7.57.